The SMILES string of the molecule is C#C[C@H](OC1CCCCO1)[C@H](OCc1ccccc1)C(=C)C. The van der Waals surface area contributed by atoms with Crippen molar-refractivity contribution in [2.45, 2.75) is 51.3 Å². The lowest BCUT2D eigenvalue weighted by Gasteiger charge is -2.30. The smallest absolute Gasteiger partial charge is 0.159 e. The lowest BCUT2D eigenvalue weighted by Crippen LogP contribution is -2.36. The average molecular weight is 300 g/mol. The van der Waals surface area contributed by atoms with E-state index in [2.05, 4.69) is 12.5 Å². The highest BCUT2D eigenvalue weighted by Crippen LogP contribution is 2.20. The van der Waals surface area contributed by atoms with Crippen molar-refractivity contribution >= 4 is 0 Å². The van der Waals surface area contributed by atoms with Gasteiger partial charge in [-0.05, 0) is 37.3 Å². The van der Waals surface area contributed by atoms with Gasteiger partial charge in [0.2, 0.25) is 0 Å². The van der Waals surface area contributed by atoms with Crippen molar-refractivity contribution in [2.24, 2.45) is 0 Å². The van der Waals surface area contributed by atoms with Crippen LogP contribution in [0, 0.1) is 12.3 Å². The molecule has 0 N–H and O–H groups in total. The zero-order valence-electron chi connectivity index (χ0n) is 13.2. The third kappa shape index (κ3) is 4.99. The summed E-state index contributed by atoms with van der Waals surface area (Å²) in [7, 11) is 0. The summed E-state index contributed by atoms with van der Waals surface area (Å²) >= 11 is 0. The van der Waals surface area contributed by atoms with Crippen molar-refractivity contribution in [1.29, 1.82) is 0 Å². The van der Waals surface area contributed by atoms with E-state index in [0.717, 1.165) is 37.0 Å². The minimum atomic E-state index is -0.482. The van der Waals surface area contributed by atoms with E-state index in [4.69, 9.17) is 20.6 Å². The van der Waals surface area contributed by atoms with E-state index in [0.29, 0.717) is 6.61 Å². The van der Waals surface area contributed by atoms with Gasteiger partial charge < -0.3 is 14.2 Å². The van der Waals surface area contributed by atoms with Crippen LogP contribution in [0.15, 0.2) is 42.5 Å². The standard InChI is InChI=1S/C19H24O3/c1-4-17(22-18-12-8-9-13-20-18)19(15(2)3)21-14-16-10-6-5-7-11-16/h1,5-7,10-11,17-19H,2,8-9,12-14H2,3H3/t17-,18?,19+/m0/s1. The van der Waals surface area contributed by atoms with Crippen LogP contribution in [0.1, 0.15) is 31.7 Å². The Hall–Kier alpha value is -1.60. The molecule has 1 aromatic rings. The molecule has 22 heavy (non-hydrogen) atoms. The monoisotopic (exact) mass is 300 g/mol. The van der Waals surface area contributed by atoms with Crippen LogP contribution in [0.2, 0.25) is 0 Å². The first-order chi connectivity index (χ1) is 10.7. The van der Waals surface area contributed by atoms with E-state index in [9.17, 15) is 0 Å². The van der Waals surface area contributed by atoms with Gasteiger partial charge in [0.25, 0.3) is 0 Å². The van der Waals surface area contributed by atoms with E-state index < -0.39 is 6.10 Å². The highest BCUT2D eigenvalue weighted by Gasteiger charge is 2.26. The fourth-order valence-corrected chi connectivity index (χ4v) is 2.43. The van der Waals surface area contributed by atoms with Crippen molar-refractivity contribution < 1.29 is 14.2 Å². The van der Waals surface area contributed by atoms with Gasteiger partial charge in [0, 0.05) is 6.61 Å². The summed E-state index contributed by atoms with van der Waals surface area (Å²) in [5.41, 5.74) is 1.95. The van der Waals surface area contributed by atoms with Gasteiger partial charge in [0.15, 0.2) is 12.4 Å². The van der Waals surface area contributed by atoms with Gasteiger partial charge in [-0.3, -0.25) is 0 Å². The molecular formula is C19H24O3. The molecule has 3 heteroatoms. The molecule has 1 fully saturated rings. The summed E-state index contributed by atoms with van der Waals surface area (Å²) in [6, 6.07) is 9.99. The normalized spacial score (nSPS) is 20.8. The van der Waals surface area contributed by atoms with Crippen LogP contribution in [-0.4, -0.2) is 25.1 Å². The maximum Gasteiger partial charge on any atom is 0.159 e. The van der Waals surface area contributed by atoms with Gasteiger partial charge in [-0.1, -0.05) is 42.8 Å². The quantitative estimate of drug-likeness (QED) is 0.568. The van der Waals surface area contributed by atoms with Gasteiger partial charge in [-0.2, -0.15) is 0 Å². The Morgan fingerprint density at radius 2 is 2.18 bits per heavy atom. The summed E-state index contributed by atoms with van der Waals surface area (Å²) in [4.78, 5) is 0. The number of benzene rings is 1. The zero-order chi connectivity index (χ0) is 15.8. The molecule has 0 saturated carbocycles. The Morgan fingerprint density at radius 1 is 1.41 bits per heavy atom. The van der Waals surface area contributed by atoms with Crippen LogP contribution in [0.3, 0.4) is 0 Å². The fraction of sp³-hybridized carbons (Fsp3) is 0.474. The molecule has 0 spiro atoms. The van der Waals surface area contributed by atoms with Gasteiger partial charge in [0.1, 0.15) is 6.10 Å². The summed E-state index contributed by atoms with van der Waals surface area (Å²) in [5.74, 6) is 2.68. The Morgan fingerprint density at radius 3 is 2.77 bits per heavy atom. The second kappa shape index (κ2) is 8.75. The van der Waals surface area contributed by atoms with E-state index in [-0.39, 0.29) is 12.4 Å². The van der Waals surface area contributed by atoms with Gasteiger partial charge in [-0.25, -0.2) is 0 Å². The molecule has 3 atom stereocenters. The maximum atomic E-state index is 5.96. The lowest BCUT2D eigenvalue weighted by atomic mass is 10.1. The Labute approximate surface area is 133 Å². The highest BCUT2D eigenvalue weighted by atomic mass is 16.7. The first kappa shape index (κ1) is 16.8. The van der Waals surface area contributed by atoms with Gasteiger partial charge in [0.05, 0.1) is 6.61 Å². The average Bonchev–Trinajstić information content (AvgIpc) is 2.55. The van der Waals surface area contributed by atoms with Crippen LogP contribution in [-0.2, 0) is 20.8 Å². The molecule has 118 valence electrons. The van der Waals surface area contributed by atoms with E-state index >= 15 is 0 Å². The largest absolute Gasteiger partial charge is 0.365 e. The molecule has 0 radical (unpaired) electrons. The number of terminal acetylenes is 1. The molecule has 2 rings (SSSR count). The van der Waals surface area contributed by atoms with Crippen LogP contribution >= 0.6 is 0 Å². The van der Waals surface area contributed by atoms with Crippen molar-refractivity contribution in [3.05, 3.63) is 48.0 Å². The minimum Gasteiger partial charge on any atom is -0.365 e. The van der Waals surface area contributed by atoms with Crippen LogP contribution in [0.5, 0.6) is 0 Å². The molecule has 1 unspecified atom stereocenters. The second-order valence-corrected chi connectivity index (χ2v) is 5.58. The summed E-state index contributed by atoms with van der Waals surface area (Å²) in [6.07, 6.45) is 7.64. The molecule has 1 heterocycles. The molecule has 3 nitrogen and oxygen atoms in total. The topological polar surface area (TPSA) is 27.7 Å². The maximum absolute atomic E-state index is 5.96. The fourth-order valence-electron chi connectivity index (χ4n) is 2.43. The number of hydrogen-bond donors (Lipinski definition) is 0. The first-order valence-electron chi connectivity index (χ1n) is 7.75. The van der Waals surface area contributed by atoms with Crippen LogP contribution in [0.25, 0.3) is 0 Å². The molecular weight excluding hydrogens is 276 g/mol. The number of ether oxygens (including phenoxy) is 3. The Kier molecular flexibility index (Phi) is 6.67. The van der Waals surface area contributed by atoms with Crippen molar-refractivity contribution in [3.8, 4) is 12.3 Å². The van der Waals surface area contributed by atoms with Crippen LogP contribution < -0.4 is 0 Å². The lowest BCUT2D eigenvalue weighted by molar-refractivity contribution is -0.195. The minimum absolute atomic E-state index is 0.239. The number of rotatable bonds is 7. The van der Waals surface area contributed by atoms with E-state index in [1.54, 1.807) is 0 Å². The molecule has 1 aliphatic heterocycles. The van der Waals surface area contributed by atoms with E-state index in [1.807, 2.05) is 37.3 Å². The second-order valence-electron chi connectivity index (χ2n) is 5.58. The van der Waals surface area contributed by atoms with Gasteiger partial charge >= 0.3 is 0 Å². The summed E-state index contributed by atoms with van der Waals surface area (Å²) in [6.45, 7) is 7.10. The van der Waals surface area contributed by atoms with Crippen molar-refractivity contribution in [3.63, 3.8) is 0 Å². The van der Waals surface area contributed by atoms with Gasteiger partial charge in [-0.15, -0.1) is 6.42 Å². The first-order valence-corrected chi connectivity index (χ1v) is 7.75. The molecule has 1 aliphatic rings. The predicted octanol–water partition coefficient (Wildman–Crippen LogP) is 3.69. The number of hydrogen-bond acceptors (Lipinski definition) is 3. The predicted molar refractivity (Wildman–Crippen MR) is 87.1 cm³/mol. The third-order valence-electron chi connectivity index (χ3n) is 3.63. The zero-order valence-corrected chi connectivity index (χ0v) is 13.2. The van der Waals surface area contributed by atoms with Crippen LogP contribution in [0.4, 0.5) is 0 Å². The molecule has 0 bridgehead atoms. The molecule has 1 saturated heterocycles. The van der Waals surface area contributed by atoms with Crippen molar-refractivity contribution in [2.75, 3.05) is 6.61 Å². The van der Waals surface area contributed by atoms with E-state index in [1.165, 1.54) is 0 Å². The highest BCUT2D eigenvalue weighted by molar-refractivity contribution is 5.15. The Bertz CT molecular complexity index is 497. The molecule has 0 amide bonds. The molecule has 0 aromatic heterocycles. The third-order valence-corrected chi connectivity index (χ3v) is 3.63. The summed E-state index contributed by atoms with van der Waals surface area (Å²) in [5, 5.41) is 0. The van der Waals surface area contributed by atoms with Crippen molar-refractivity contribution in [1.82, 2.24) is 0 Å². The molecule has 1 aromatic carbocycles. The Balaban J connectivity index is 1.95. The molecule has 0 aliphatic carbocycles. The summed E-state index contributed by atoms with van der Waals surface area (Å²) < 4.78 is 17.5.